The molecule has 2 atom stereocenters. The van der Waals surface area contributed by atoms with Crippen molar-refractivity contribution in [2.24, 2.45) is 0 Å². The number of anilines is 1. The number of hydrogen-bond donors (Lipinski definition) is 0. The number of fused-ring (bicyclic) bond motifs is 2. The van der Waals surface area contributed by atoms with Gasteiger partial charge in [0.2, 0.25) is 0 Å². The maximum Gasteiger partial charge on any atom is 0.196 e. The number of likely N-dealkylation sites (N-methyl/N-ethyl adjacent to an activating group) is 1. The van der Waals surface area contributed by atoms with E-state index < -0.39 is 0 Å². The Morgan fingerprint density at radius 2 is 1.76 bits per heavy atom. The molecule has 2 saturated heterocycles. The van der Waals surface area contributed by atoms with Crippen LogP contribution in [0.1, 0.15) is 0 Å². The maximum absolute atomic E-state index is 5.93. The second kappa shape index (κ2) is 4.51. The summed E-state index contributed by atoms with van der Waals surface area (Å²) in [7, 11) is 2.15. The zero-order chi connectivity index (χ0) is 11.8. The highest BCUT2D eigenvalue weighted by Gasteiger charge is 2.33. The summed E-state index contributed by atoms with van der Waals surface area (Å²) in [6, 6.07) is 0. The molecule has 1 aromatic heterocycles. The van der Waals surface area contributed by atoms with Crippen LogP contribution in [0.25, 0.3) is 0 Å². The molecular weight excluding hydrogens is 284 g/mol. The van der Waals surface area contributed by atoms with E-state index in [0.29, 0.717) is 16.9 Å². The molecule has 2 aliphatic heterocycles. The van der Waals surface area contributed by atoms with Crippen LogP contribution < -0.4 is 4.90 Å². The molecule has 2 aliphatic rings. The number of hydrogen-bond acceptors (Lipinski definition) is 5. The fraction of sp³-hybridized carbons (Fsp3) is 0.636. The van der Waals surface area contributed by atoms with E-state index in [1.807, 2.05) is 12.4 Å². The second-order valence-electron chi connectivity index (χ2n) is 4.72. The smallest absolute Gasteiger partial charge is 0.196 e. The molecule has 0 spiro atoms. The lowest BCUT2D eigenvalue weighted by molar-refractivity contribution is -0.0875. The Kier molecular flexibility index (Phi) is 3.02. The number of nitrogens with zero attached hydrogens (tertiary/aromatic N) is 4. The predicted octanol–water partition coefficient (Wildman–Crippen LogP) is 0.758. The fourth-order valence-electron chi connectivity index (χ4n) is 2.58. The van der Waals surface area contributed by atoms with Crippen LogP contribution in [-0.2, 0) is 4.74 Å². The number of morpholine rings is 2. The molecule has 2 fully saturated rings. The molecule has 2 unspecified atom stereocenters. The van der Waals surface area contributed by atoms with Gasteiger partial charge in [0.25, 0.3) is 0 Å². The molecule has 92 valence electrons. The average molecular weight is 299 g/mol. The zero-order valence-corrected chi connectivity index (χ0v) is 11.3. The van der Waals surface area contributed by atoms with E-state index in [9.17, 15) is 0 Å². The summed E-state index contributed by atoms with van der Waals surface area (Å²) in [5, 5.41) is 0. The van der Waals surface area contributed by atoms with E-state index >= 15 is 0 Å². The zero-order valence-electron chi connectivity index (χ0n) is 9.71. The largest absolute Gasteiger partial charge is 0.369 e. The molecule has 0 amide bonds. The molecule has 0 saturated carbocycles. The van der Waals surface area contributed by atoms with Crippen molar-refractivity contribution in [1.29, 1.82) is 0 Å². The summed E-state index contributed by atoms with van der Waals surface area (Å²) in [5.41, 5.74) is 1.08. The summed E-state index contributed by atoms with van der Waals surface area (Å²) < 4.78 is 6.57. The van der Waals surface area contributed by atoms with Crippen LogP contribution >= 0.6 is 15.9 Å². The van der Waals surface area contributed by atoms with Gasteiger partial charge < -0.3 is 14.5 Å². The molecule has 6 heteroatoms. The van der Waals surface area contributed by atoms with Gasteiger partial charge in [-0.25, -0.2) is 9.97 Å². The topological polar surface area (TPSA) is 41.5 Å². The number of halogens is 1. The van der Waals surface area contributed by atoms with Crippen molar-refractivity contribution in [2.75, 3.05) is 38.1 Å². The molecule has 0 aromatic carbocycles. The van der Waals surface area contributed by atoms with E-state index in [2.05, 4.69) is 42.7 Å². The minimum absolute atomic E-state index is 0.302. The Morgan fingerprint density at radius 1 is 1.18 bits per heavy atom. The Morgan fingerprint density at radius 3 is 2.35 bits per heavy atom. The third kappa shape index (κ3) is 2.43. The van der Waals surface area contributed by atoms with Crippen LogP contribution in [0.5, 0.6) is 0 Å². The quantitative estimate of drug-likeness (QED) is 0.716. The number of rotatable bonds is 1. The third-order valence-electron chi connectivity index (χ3n) is 3.24. The Balaban J connectivity index is 1.75. The summed E-state index contributed by atoms with van der Waals surface area (Å²) in [6.07, 6.45) is 4.33. The van der Waals surface area contributed by atoms with E-state index in [0.717, 1.165) is 31.9 Å². The number of aromatic nitrogens is 2. The monoisotopic (exact) mass is 298 g/mol. The van der Waals surface area contributed by atoms with Crippen LogP contribution in [0.4, 0.5) is 5.69 Å². The molecule has 0 radical (unpaired) electrons. The SMILES string of the molecule is CN1CC2CN(c3cnc(Br)nc3)CC(C1)O2. The lowest BCUT2D eigenvalue weighted by Gasteiger charge is -2.45. The van der Waals surface area contributed by atoms with E-state index in [1.54, 1.807) is 0 Å². The van der Waals surface area contributed by atoms with Crippen molar-refractivity contribution in [3.63, 3.8) is 0 Å². The highest BCUT2D eigenvalue weighted by Crippen LogP contribution is 2.23. The highest BCUT2D eigenvalue weighted by atomic mass is 79.9. The second-order valence-corrected chi connectivity index (χ2v) is 5.43. The van der Waals surface area contributed by atoms with Crippen LogP contribution in [0.15, 0.2) is 17.1 Å². The molecule has 5 nitrogen and oxygen atoms in total. The van der Waals surface area contributed by atoms with E-state index in [-0.39, 0.29) is 0 Å². The van der Waals surface area contributed by atoms with E-state index in [4.69, 9.17) is 4.74 Å². The minimum Gasteiger partial charge on any atom is -0.369 e. The Labute approximate surface area is 109 Å². The van der Waals surface area contributed by atoms with Crippen molar-refractivity contribution in [1.82, 2.24) is 14.9 Å². The molecule has 17 heavy (non-hydrogen) atoms. The van der Waals surface area contributed by atoms with Crippen LogP contribution in [-0.4, -0.2) is 60.3 Å². The average Bonchev–Trinajstić information content (AvgIpc) is 2.28. The van der Waals surface area contributed by atoms with Crippen molar-refractivity contribution >= 4 is 21.6 Å². The summed E-state index contributed by atoms with van der Waals surface area (Å²) >= 11 is 3.25. The molecule has 3 rings (SSSR count). The van der Waals surface area contributed by atoms with Gasteiger partial charge in [-0.05, 0) is 23.0 Å². The van der Waals surface area contributed by atoms with Gasteiger partial charge in [0.15, 0.2) is 4.73 Å². The third-order valence-corrected chi connectivity index (χ3v) is 3.64. The maximum atomic E-state index is 5.93. The summed E-state index contributed by atoms with van der Waals surface area (Å²) in [4.78, 5) is 13.0. The molecule has 0 N–H and O–H groups in total. The molecular formula is C11H15BrN4O. The van der Waals surface area contributed by atoms with Crippen molar-refractivity contribution < 1.29 is 4.74 Å². The van der Waals surface area contributed by atoms with Crippen molar-refractivity contribution in [3.05, 3.63) is 17.1 Å². The highest BCUT2D eigenvalue weighted by molar-refractivity contribution is 9.10. The van der Waals surface area contributed by atoms with Crippen molar-refractivity contribution in [3.8, 4) is 0 Å². The molecule has 0 aliphatic carbocycles. The van der Waals surface area contributed by atoms with Gasteiger partial charge in [-0.2, -0.15) is 0 Å². The van der Waals surface area contributed by atoms with E-state index in [1.165, 1.54) is 0 Å². The minimum atomic E-state index is 0.302. The fourth-order valence-corrected chi connectivity index (χ4v) is 2.78. The lowest BCUT2D eigenvalue weighted by Crippen LogP contribution is -2.58. The van der Waals surface area contributed by atoms with Gasteiger partial charge in [0.1, 0.15) is 0 Å². The Bertz CT molecular complexity index is 381. The summed E-state index contributed by atoms with van der Waals surface area (Å²) in [6.45, 7) is 3.85. The van der Waals surface area contributed by atoms with Gasteiger partial charge in [-0.1, -0.05) is 0 Å². The first-order chi connectivity index (χ1) is 8.20. The van der Waals surface area contributed by atoms with Crippen LogP contribution in [0.2, 0.25) is 0 Å². The van der Waals surface area contributed by atoms with Crippen molar-refractivity contribution in [2.45, 2.75) is 12.2 Å². The van der Waals surface area contributed by atoms with Crippen LogP contribution in [0, 0.1) is 0 Å². The van der Waals surface area contributed by atoms with Gasteiger partial charge >= 0.3 is 0 Å². The standard InChI is InChI=1S/C11H15BrN4O/c1-15-4-9-6-16(7-10(5-15)17-9)8-2-13-11(12)14-3-8/h2-3,9-10H,4-7H2,1H3. The lowest BCUT2D eigenvalue weighted by atomic mass is 10.1. The molecule has 1 aromatic rings. The first kappa shape index (κ1) is 11.4. The van der Waals surface area contributed by atoms with Gasteiger partial charge in [-0.15, -0.1) is 0 Å². The molecule has 3 heterocycles. The van der Waals surface area contributed by atoms with Gasteiger partial charge in [-0.3, -0.25) is 0 Å². The Hall–Kier alpha value is -0.720. The first-order valence-electron chi connectivity index (χ1n) is 5.77. The predicted molar refractivity (Wildman–Crippen MR) is 68.1 cm³/mol. The summed E-state index contributed by atoms with van der Waals surface area (Å²) in [5.74, 6) is 0. The first-order valence-corrected chi connectivity index (χ1v) is 6.56. The van der Waals surface area contributed by atoms with Crippen LogP contribution in [0.3, 0.4) is 0 Å². The van der Waals surface area contributed by atoms with Gasteiger partial charge in [0.05, 0.1) is 30.3 Å². The normalized spacial score (nSPS) is 29.4. The number of ether oxygens (including phenoxy) is 1. The molecule has 2 bridgehead atoms. The van der Waals surface area contributed by atoms with Gasteiger partial charge in [0, 0.05) is 26.2 Å².